The van der Waals surface area contributed by atoms with Gasteiger partial charge in [0.1, 0.15) is 0 Å². The minimum atomic E-state index is -4.63. The Kier molecular flexibility index (Phi) is 5.35. The van der Waals surface area contributed by atoms with Crippen molar-refractivity contribution in [2.45, 2.75) is 25.2 Å². The highest BCUT2D eigenvalue weighted by molar-refractivity contribution is 7.80. The topological polar surface area (TPSA) is 58.2 Å². The highest BCUT2D eigenvalue weighted by Gasteiger charge is 2.41. The van der Waals surface area contributed by atoms with Crippen LogP contribution < -0.4 is 10.6 Å². The Morgan fingerprint density at radius 1 is 0.833 bits per heavy atom. The number of rotatable bonds is 0. The summed E-state index contributed by atoms with van der Waals surface area (Å²) in [5, 5.41) is 4.86. The third-order valence-corrected chi connectivity index (χ3v) is 5.00. The van der Waals surface area contributed by atoms with E-state index in [1.807, 2.05) is 0 Å². The molecule has 0 aliphatic carbocycles. The number of carbonyl (C=O) groups is 2. The standard InChI is InChI=1S/C10H8F3NS.C9H4F3NO2/c1-5-8-6(10(11,12)13)3-2-4-7(8)14-9(5)15;10-9(11,12)4-2-1-3-5-6(4)7(14)8(15)13-5/h2-5H,1H3,(H,14,15);1-3H,(H,13,14,15). The van der Waals surface area contributed by atoms with Crippen LogP contribution in [0.25, 0.3) is 0 Å². The summed E-state index contributed by atoms with van der Waals surface area (Å²) in [6, 6.07) is 7.26. The molecule has 0 bridgehead atoms. The van der Waals surface area contributed by atoms with Gasteiger partial charge in [-0.25, -0.2) is 0 Å². The Balaban J connectivity index is 0.000000171. The van der Waals surface area contributed by atoms with Gasteiger partial charge in [0.2, 0.25) is 0 Å². The second-order valence-corrected chi connectivity index (χ2v) is 6.92. The third-order valence-electron chi connectivity index (χ3n) is 4.55. The van der Waals surface area contributed by atoms with Crippen molar-refractivity contribution in [2.24, 2.45) is 0 Å². The van der Waals surface area contributed by atoms with Crippen molar-refractivity contribution >= 4 is 40.3 Å². The van der Waals surface area contributed by atoms with Gasteiger partial charge in [-0.15, -0.1) is 0 Å². The Morgan fingerprint density at radius 2 is 1.37 bits per heavy atom. The molecule has 0 spiro atoms. The van der Waals surface area contributed by atoms with Crippen LogP contribution >= 0.6 is 12.2 Å². The van der Waals surface area contributed by atoms with Crippen LogP contribution in [-0.4, -0.2) is 16.7 Å². The molecule has 2 aromatic carbocycles. The number of nitrogens with one attached hydrogen (secondary N) is 2. The molecule has 2 heterocycles. The zero-order valence-corrected chi connectivity index (χ0v) is 15.9. The summed E-state index contributed by atoms with van der Waals surface area (Å²) in [4.78, 5) is 22.5. The lowest BCUT2D eigenvalue weighted by Gasteiger charge is -2.13. The summed E-state index contributed by atoms with van der Waals surface area (Å²) >= 11 is 4.95. The molecule has 4 rings (SSSR count). The fourth-order valence-electron chi connectivity index (χ4n) is 3.19. The molecule has 2 aliphatic heterocycles. The normalized spacial score (nSPS) is 17.6. The highest BCUT2D eigenvalue weighted by atomic mass is 32.1. The minimum absolute atomic E-state index is 0.0835. The quantitative estimate of drug-likeness (QED) is 0.323. The molecule has 0 saturated heterocycles. The van der Waals surface area contributed by atoms with Gasteiger partial charge < -0.3 is 10.6 Å². The van der Waals surface area contributed by atoms with E-state index in [9.17, 15) is 35.9 Å². The van der Waals surface area contributed by atoms with Crippen molar-refractivity contribution in [3.05, 3.63) is 58.7 Å². The average Bonchev–Trinajstić information content (AvgIpc) is 3.10. The number of carbonyl (C=O) groups excluding carboxylic acids is 2. The number of hydrogen-bond donors (Lipinski definition) is 2. The summed E-state index contributed by atoms with van der Waals surface area (Å²) in [5.41, 5.74) is -1.62. The maximum Gasteiger partial charge on any atom is 0.417 e. The monoisotopic (exact) mass is 446 g/mol. The van der Waals surface area contributed by atoms with Gasteiger partial charge in [0, 0.05) is 11.6 Å². The van der Waals surface area contributed by atoms with Crippen LogP contribution in [0.1, 0.15) is 39.9 Å². The van der Waals surface area contributed by atoms with Gasteiger partial charge in [-0.05, 0) is 29.8 Å². The predicted octanol–water partition coefficient (Wildman–Crippen LogP) is 5.40. The summed E-state index contributed by atoms with van der Waals surface area (Å²) in [7, 11) is 0. The summed E-state index contributed by atoms with van der Waals surface area (Å²) in [6.07, 6.45) is -8.95. The van der Waals surface area contributed by atoms with E-state index in [4.69, 9.17) is 12.2 Å². The SMILES string of the molecule is CC1C(=S)Nc2cccc(C(F)(F)F)c21.O=C1Nc2cccc(C(F)(F)F)c2C1=O. The smallest absolute Gasteiger partial charge is 0.349 e. The number of hydrogen-bond acceptors (Lipinski definition) is 3. The number of alkyl halides is 6. The lowest BCUT2D eigenvalue weighted by molar-refractivity contribution is -0.138. The number of fused-ring (bicyclic) bond motifs is 2. The van der Waals surface area contributed by atoms with Crippen molar-refractivity contribution in [3.63, 3.8) is 0 Å². The second-order valence-electron chi connectivity index (χ2n) is 6.48. The van der Waals surface area contributed by atoms with Crippen molar-refractivity contribution in [2.75, 3.05) is 10.6 Å². The van der Waals surface area contributed by atoms with Crippen LogP contribution in [0.4, 0.5) is 37.7 Å². The maximum atomic E-state index is 12.7. The Bertz CT molecular complexity index is 1060. The van der Waals surface area contributed by atoms with E-state index < -0.39 is 40.7 Å². The van der Waals surface area contributed by atoms with E-state index in [0.29, 0.717) is 10.7 Å². The molecule has 0 radical (unpaired) electrons. The first kappa shape index (κ1) is 21.8. The molecular weight excluding hydrogens is 434 g/mol. The van der Waals surface area contributed by atoms with E-state index in [2.05, 4.69) is 10.6 Å². The van der Waals surface area contributed by atoms with Gasteiger partial charge in [-0.3, -0.25) is 9.59 Å². The second kappa shape index (κ2) is 7.38. The Hall–Kier alpha value is -2.95. The lowest BCUT2D eigenvalue weighted by Crippen LogP contribution is -2.15. The molecule has 2 aromatic rings. The third kappa shape index (κ3) is 3.89. The number of benzene rings is 2. The van der Waals surface area contributed by atoms with Crippen LogP contribution in [0, 0.1) is 0 Å². The highest BCUT2D eigenvalue weighted by Crippen LogP contribution is 2.42. The maximum absolute atomic E-state index is 12.7. The molecular formula is C19H12F6N2O2S. The predicted molar refractivity (Wildman–Crippen MR) is 100 cm³/mol. The number of ketones is 1. The number of amides is 1. The van der Waals surface area contributed by atoms with Crippen LogP contribution in [0.3, 0.4) is 0 Å². The van der Waals surface area contributed by atoms with E-state index in [1.165, 1.54) is 12.1 Å². The fraction of sp³-hybridized carbons (Fsp3) is 0.211. The van der Waals surface area contributed by atoms with E-state index >= 15 is 0 Å². The molecule has 4 nitrogen and oxygen atoms in total. The zero-order chi connectivity index (χ0) is 22.4. The zero-order valence-electron chi connectivity index (χ0n) is 15.0. The molecule has 1 unspecified atom stereocenters. The molecule has 158 valence electrons. The largest absolute Gasteiger partial charge is 0.417 e. The van der Waals surface area contributed by atoms with Gasteiger partial charge in [0.25, 0.3) is 11.7 Å². The first-order valence-electron chi connectivity index (χ1n) is 8.39. The Labute approximate surface area is 171 Å². The first-order chi connectivity index (χ1) is 13.8. The molecule has 0 saturated carbocycles. The minimum Gasteiger partial charge on any atom is -0.349 e. The fourth-order valence-corrected chi connectivity index (χ4v) is 3.42. The summed E-state index contributed by atoms with van der Waals surface area (Å²) < 4.78 is 75.4. The molecule has 1 atom stereocenters. The summed E-state index contributed by atoms with van der Waals surface area (Å²) in [6.45, 7) is 1.68. The average molecular weight is 446 g/mol. The van der Waals surface area contributed by atoms with Gasteiger partial charge >= 0.3 is 12.4 Å². The van der Waals surface area contributed by atoms with E-state index in [-0.39, 0.29) is 17.2 Å². The molecule has 2 aliphatic rings. The van der Waals surface area contributed by atoms with Gasteiger partial charge in [-0.2, -0.15) is 26.3 Å². The van der Waals surface area contributed by atoms with Gasteiger partial charge in [0.15, 0.2) is 0 Å². The van der Waals surface area contributed by atoms with Crippen LogP contribution in [0.15, 0.2) is 36.4 Å². The molecule has 0 aromatic heterocycles. The van der Waals surface area contributed by atoms with Crippen molar-refractivity contribution in [1.29, 1.82) is 0 Å². The van der Waals surface area contributed by atoms with Crippen molar-refractivity contribution in [1.82, 2.24) is 0 Å². The molecule has 2 N–H and O–H groups in total. The number of Topliss-reactive ketones (excluding diaryl/α,β-unsaturated/α-hetero) is 1. The van der Waals surface area contributed by atoms with E-state index in [0.717, 1.165) is 18.2 Å². The molecule has 11 heteroatoms. The van der Waals surface area contributed by atoms with E-state index in [1.54, 1.807) is 13.0 Å². The van der Waals surface area contributed by atoms with Crippen molar-refractivity contribution < 1.29 is 35.9 Å². The number of halogens is 6. The molecule has 1 amide bonds. The van der Waals surface area contributed by atoms with Crippen molar-refractivity contribution in [3.8, 4) is 0 Å². The summed E-state index contributed by atoms with van der Waals surface area (Å²) in [5.74, 6) is -2.53. The van der Waals surface area contributed by atoms with Gasteiger partial charge in [-0.1, -0.05) is 31.3 Å². The molecule has 0 fully saturated rings. The van der Waals surface area contributed by atoms with Crippen LogP contribution in [0.5, 0.6) is 0 Å². The lowest BCUT2D eigenvalue weighted by atomic mass is 9.97. The Morgan fingerprint density at radius 3 is 1.93 bits per heavy atom. The number of anilines is 2. The van der Waals surface area contributed by atoms with Gasteiger partial charge in [0.05, 0.1) is 27.4 Å². The van der Waals surface area contributed by atoms with Crippen LogP contribution in [0.2, 0.25) is 0 Å². The first-order valence-corrected chi connectivity index (χ1v) is 8.80. The van der Waals surface area contributed by atoms with Crippen LogP contribution in [-0.2, 0) is 17.1 Å². The molecule has 30 heavy (non-hydrogen) atoms. The number of thiocarbonyl (C=S) groups is 1.